The van der Waals surface area contributed by atoms with Gasteiger partial charge in [-0.1, -0.05) is 51.7 Å². The summed E-state index contributed by atoms with van der Waals surface area (Å²) in [5.41, 5.74) is 2.00. The number of hydrogen-bond donors (Lipinski definition) is 1. The molecule has 0 saturated carbocycles. The van der Waals surface area contributed by atoms with Crippen LogP contribution in [0.15, 0.2) is 23.3 Å². The molecule has 0 saturated heterocycles. The van der Waals surface area contributed by atoms with Gasteiger partial charge in [-0.15, -0.1) is 0 Å². The Balaban J connectivity index is 0. The van der Waals surface area contributed by atoms with Crippen LogP contribution < -0.4 is 0 Å². The number of carboxylic acids is 1. The number of allylic oxidation sites excluding steroid dienone is 1. The van der Waals surface area contributed by atoms with Gasteiger partial charge in [0.25, 0.3) is 0 Å². The molecule has 1 N–H and O–H groups in total. The lowest BCUT2D eigenvalue weighted by molar-refractivity contribution is -0.139. The second-order valence-corrected chi connectivity index (χ2v) is 7.05. The summed E-state index contributed by atoms with van der Waals surface area (Å²) in [6.45, 7) is 14.3. The van der Waals surface area contributed by atoms with Crippen LogP contribution in [0.3, 0.4) is 0 Å². The minimum absolute atomic E-state index is 0.313. The van der Waals surface area contributed by atoms with Crippen LogP contribution in [-0.4, -0.2) is 49.2 Å². The number of carbonyl (C=O) groups excluding carboxylic acids is 1. The van der Waals surface area contributed by atoms with E-state index in [1.807, 2.05) is 25.9 Å². The third kappa shape index (κ3) is 14.7. The van der Waals surface area contributed by atoms with E-state index < -0.39 is 5.97 Å². The number of carboxylic acid groups (broad SMARTS) is 1. The number of aliphatic carboxylic acids is 1. The van der Waals surface area contributed by atoms with Gasteiger partial charge in [-0.05, 0) is 47.2 Å². The van der Waals surface area contributed by atoms with Crippen molar-refractivity contribution in [3.8, 4) is 0 Å². The van der Waals surface area contributed by atoms with Crippen molar-refractivity contribution in [1.82, 2.24) is 4.90 Å². The summed E-state index contributed by atoms with van der Waals surface area (Å²) in [6.07, 6.45) is 5.77. The summed E-state index contributed by atoms with van der Waals surface area (Å²) in [4.78, 5) is 23.5. The summed E-state index contributed by atoms with van der Waals surface area (Å²) in [6, 6.07) is 0. The van der Waals surface area contributed by atoms with Crippen LogP contribution in [0.1, 0.15) is 66.7 Å². The SMILES string of the molecule is C=C(C)C(=O)OCCN(C)C.CCCCC(CC)CC(C)=C(C)C(=O)O. The first-order chi connectivity index (χ1) is 12.1. The van der Waals surface area contributed by atoms with Crippen LogP contribution in [0.5, 0.6) is 0 Å². The Labute approximate surface area is 160 Å². The van der Waals surface area contributed by atoms with Crippen LogP contribution in [0.4, 0.5) is 0 Å². The highest BCUT2D eigenvalue weighted by atomic mass is 16.5. The predicted molar refractivity (Wildman–Crippen MR) is 108 cm³/mol. The molecular formula is C21H39NO4. The van der Waals surface area contributed by atoms with Gasteiger partial charge in [0.2, 0.25) is 0 Å². The first-order valence-corrected chi connectivity index (χ1v) is 9.43. The molecule has 0 amide bonds. The van der Waals surface area contributed by atoms with E-state index in [-0.39, 0.29) is 5.97 Å². The predicted octanol–water partition coefficient (Wildman–Crippen LogP) is 4.68. The Morgan fingerprint density at radius 2 is 1.73 bits per heavy atom. The fourth-order valence-electron chi connectivity index (χ4n) is 2.16. The molecule has 0 aliphatic heterocycles. The van der Waals surface area contributed by atoms with Crippen molar-refractivity contribution in [2.24, 2.45) is 5.92 Å². The van der Waals surface area contributed by atoms with Crippen LogP contribution >= 0.6 is 0 Å². The van der Waals surface area contributed by atoms with Gasteiger partial charge < -0.3 is 14.7 Å². The Morgan fingerprint density at radius 3 is 2.12 bits per heavy atom. The number of esters is 1. The molecule has 0 aliphatic rings. The molecule has 0 spiro atoms. The Kier molecular flexibility index (Phi) is 16.0. The lowest BCUT2D eigenvalue weighted by Gasteiger charge is -2.15. The third-order valence-corrected chi connectivity index (χ3v) is 4.22. The van der Waals surface area contributed by atoms with Gasteiger partial charge in [0.05, 0.1) is 0 Å². The maximum atomic E-state index is 10.8. The summed E-state index contributed by atoms with van der Waals surface area (Å²) in [7, 11) is 3.85. The fourth-order valence-corrected chi connectivity index (χ4v) is 2.16. The zero-order valence-corrected chi connectivity index (χ0v) is 17.9. The van der Waals surface area contributed by atoms with Gasteiger partial charge in [-0.3, -0.25) is 0 Å². The van der Waals surface area contributed by atoms with Crippen LogP contribution in [0, 0.1) is 5.92 Å². The molecule has 0 aromatic rings. The molecule has 0 aliphatic carbocycles. The largest absolute Gasteiger partial charge is 0.478 e. The quantitative estimate of drug-likeness (QED) is 0.423. The molecule has 5 nitrogen and oxygen atoms in total. The lowest BCUT2D eigenvalue weighted by atomic mass is 9.91. The van der Waals surface area contributed by atoms with E-state index in [4.69, 9.17) is 9.84 Å². The molecule has 0 aromatic heterocycles. The number of nitrogens with zero attached hydrogens (tertiary/aromatic N) is 1. The molecule has 0 fully saturated rings. The molecule has 1 unspecified atom stereocenters. The van der Waals surface area contributed by atoms with E-state index in [2.05, 4.69) is 20.4 Å². The van der Waals surface area contributed by atoms with E-state index >= 15 is 0 Å². The van der Waals surface area contributed by atoms with Crippen LogP contribution in [0.2, 0.25) is 0 Å². The number of rotatable bonds is 11. The second-order valence-electron chi connectivity index (χ2n) is 7.05. The minimum Gasteiger partial charge on any atom is -0.478 e. The first-order valence-electron chi connectivity index (χ1n) is 9.43. The van der Waals surface area contributed by atoms with Gasteiger partial charge in [0, 0.05) is 17.7 Å². The third-order valence-electron chi connectivity index (χ3n) is 4.22. The summed E-state index contributed by atoms with van der Waals surface area (Å²) in [5, 5.41) is 8.86. The number of hydrogen-bond acceptors (Lipinski definition) is 4. The van der Waals surface area contributed by atoms with Crippen molar-refractivity contribution in [3.63, 3.8) is 0 Å². The average molecular weight is 370 g/mol. The van der Waals surface area contributed by atoms with E-state index in [0.29, 0.717) is 23.7 Å². The Morgan fingerprint density at radius 1 is 1.15 bits per heavy atom. The van der Waals surface area contributed by atoms with Gasteiger partial charge in [0.1, 0.15) is 6.61 Å². The van der Waals surface area contributed by atoms with Crippen LogP contribution in [0.25, 0.3) is 0 Å². The number of likely N-dealkylation sites (N-methyl/N-ethyl adjacent to an activating group) is 1. The zero-order chi connectivity index (χ0) is 20.7. The van der Waals surface area contributed by atoms with Crippen LogP contribution in [-0.2, 0) is 14.3 Å². The fraction of sp³-hybridized carbons (Fsp3) is 0.714. The van der Waals surface area contributed by atoms with Gasteiger partial charge in [-0.2, -0.15) is 0 Å². The highest BCUT2D eigenvalue weighted by molar-refractivity contribution is 5.87. The minimum atomic E-state index is -0.780. The number of carbonyl (C=O) groups is 2. The zero-order valence-electron chi connectivity index (χ0n) is 17.9. The highest BCUT2D eigenvalue weighted by Crippen LogP contribution is 2.22. The van der Waals surface area contributed by atoms with Gasteiger partial charge >= 0.3 is 11.9 Å². The highest BCUT2D eigenvalue weighted by Gasteiger charge is 2.11. The molecule has 1 atom stereocenters. The first kappa shape index (κ1) is 26.6. The molecule has 5 heteroatoms. The molecule has 0 bridgehead atoms. The van der Waals surface area contributed by atoms with Gasteiger partial charge in [-0.25, -0.2) is 9.59 Å². The smallest absolute Gasteiger partial charge is 0.333 e. The Hall–Kier alpha value is -1.62. The second kappa shape index (κ2) is 15.6. The molecule has 152 valence electrons. The van der Waals surface area contributed by atoms with Crippen molar-refractivity contribution in [3.05, 3.63) is 23.3 Å². The van der Waals surface area contributed by atoms with E-state index in [1.165, 1.54) is 19.3 Å². The average Bonchev–Trinajstić information content (AvgIpc) is 2.57. The van der Waals surface area contributed by atoms with E-state index in [0.717, 1.165) is 25.0 Å². The van der Waals surface area contributed by atoms with E-state index in [9.17, 15) is 9.59 Å². The van der Waals surface area contributed by atoms with Gasteiger partial charge in [0.15, 0.2) is 0 Å². The summed E-state index contributed by atoms with van der Waals surface area (Å²) < 4.78 is 4.83. The van der Waals surface area contributed by atoms with Crippen molar-refractivity contribution in [2.75, 3.05) is 27.2 Å². The molecular weight excluding hydrogens is 330 g/mol. The standard InChI is InChI=1S/C13H24O2.C8H15NO2/c1-5-7-8-12(6-2)9-10(3)11(4)13(14)15;1-7(2)8(10)11-6-5-9(3)4/h12H,5-9H2,1-4H3,(H,14,15);1,5-6H2,2-4H3. The molecule has 0 radical (unpaired) electrons. The van der Waals surface area contributed by atoms with Crippen molar-refractivity contribution >= 4 is 11.9 Å². The topological polar surface area (TPSA) is 66.8 Å². The number of ether oxygens (including phenoxy) is 1. The maximum absolute atomic E-state index is 10.8. The molecule has 0 aromatic carbocycles. The molecule has 26 heavy (non-hydrogen) atoms. The molecule has 0 heterocycles. The van der Waals surface area contributed by atoms with E-state index in [1.54, 1.807) is 13.8 Å². The normalized spacial score (nSPS) is 12.6. The van der Waals surface area contributed by atoms with Crippen molar-refractivity contribution < 1.29 is 19.4 Å². The maximum Gasteiger partial charge on any atom is 0.333 e. The van der Waals surface area contributed by atoms with Crippen molar-refractivity contribution in [1.29, 1.82) is 0 Å². The summed E-state index contributed by atoms with van der Waals surface area (Å²) in [5.74, 6) is -0.441. The lowest BCUT2D eigenvalue weighted by Crippen LogP contribution is -2.20. The summed E-state index contributed by atoms with van der Waals surface area (Å²) >= 11 is 0. The number of unbranched alkanes of at least 4 members (excludes halogenated alkanes) is 1. The molecule has 0 rings (SSSR count). The Bertz CT molecular complexity index is 467. The van der Waals surface area contributed by atoms with Crippen molar-refractivity contribution in [2.45, 2.75) is 66.7 Å². The monoisotopic (exact) mass is 369 g/mol.